The van der Waals surface area contributed by atoms with E-state index in [-0.39, 0.29) is 16.8 Å². The molecule has 0 aliphatic carbocycles. The van der Waals surface area contributed by atoms with E-state index in [0.29, 0.717) is 0 Å². The Bertz CT molecular complexity index is 486. The first kappa shape index (κ1) is 13.5. The van der Waals surface area contributed by atoms with E-state index < -0.39 is 23.7 Å². The van der Waals surface area contributed by atoms with Crippen molar-refractivity contribution in [3.63, 3.8) is 0 Å². The molecule has 0 unspecified atom stereocenters. The minimum Gasteiger partial charge on any atom is -0.461 e. The summed E-state index contributed by atoms with van der Waals surface area (Å²) >= 11 is 2.93. The first-order valence-electron chi connectivity index (χ1n) is 4.57. The highest BCUT2D eigenvalue weighted by molar-refractivity contribution is 9.10. The summed E-state index contributed by atoms with van der Waals surface area (Å²) in [5.41, 5.74) is -1.23. The molecule has 90 valence electrons. The van der Waals surface area contributed by atoms with Gasteiger partial charge >= 0.3 is 5.97 Å². The Hall–Kier alpha value is -1.55. The van der Waals surface area contributed by atoms with Gasteiger partial charge in [-0.15, -0.1) is 0 Å². The maximum absolute atomic E-state index is 12.7. The Morgan fingerprint density at radius 1 is 1.71 bits per heavy atom. The number of halogens is 3. The fourth-order valence-corrected chi connectivity index (χ4v) is 1.53. The van der Waals surface area contributed by atoms with Crippen molar-refractivity contribution in [1.82, 2.24) is 4.98 Å². The number of alkyl halides is 2. The lowest BCUT2D eigenvalue weighted by molar-refractivity contribution is 0.0507. The molecule has 0 aliphatic rings. The summed E-state index contributed by atoms with van der Waals surface area (Å²) in [6, 6.07) is 2.69. The zero-order valence-corrected chi connectivity index (χ0v) is 10.3. The number of pyridine rings is 1. The zero-order chi connectivity index (χ0) is 13.0. The fourth-order valence-electron chi connectivity index (χ4n) is 1.11. The van der Waals surface area contributed by atoms with Gasteiger partial charge in [-0.2, -0.15) is 5.26 Å². The molecule has 1 heterocycles. The highest BCUT2D eigenvalue weighted by atomic mass is 79.9. The van der Waals surface area contributed by atoms with Crippen molar-refractivity contribution in [2.75, 3.05) is 6.61 Å². The summed E-state index contributed by atoms with van der Waals surface area (Å²) in [7, 11) is 0. The normalized spacial score (nSPS) is 10.1. The van der Waals surface area contributed by atoms with Crippen molar-refractivity contribution < 1.29 is 18.3 Å². The Kier molecular flexibility index (Phi) is 4.52. The van der Waals surface area contributed by atoms with Gasteiger partial charge in [0, 0.05) is 0 Å². The second kappa shape index (κ2) is 5.68. The fraction of sp³-hybridized carbons (Fsp3) is 0.300. The predicted octanol–water partition coefficient (Wildman–Crippen LogP) is 2.83. The van der Waals surface area contributed by atoms with Gasteiger partial charge in [-0.25, -0.2) is 18.6 Å². The van der Waals surface area contributed by atoms with Crippen LogP contribution < -0.4 is 0 Å². The summed E-state index contributed by atoms with van der Waals surface area (Å²) in [6.45, 7) is 1.59. The van der Waals surface area contributed by atoms with E-state index in [4.69, 9.17) is 5.26 Å². The third-order valence-corrected chi connectivity index (χ3v) is 2.42. The first-order valence-corrected chi connectivity index (χ1v) is 5.36. The van der Waals surface area contributed by atoms with Crippen LogP contribution >= 0.6 is 15.9 Å². The van der Waals surface area contributed by atoms with Crippen molar-refractivity contribution in [3.8, 4) is 6.07 Å². The molecule has 1 rings (SSSR count). The number of nitriles is 1. The lowest BCUT2D eigenvalue weighted by Gasteiger charge is -2.08. The third kappa shape index (κ3) is 2.97. The van der Waals surface area contributed by atoms with Gasteiger partial charge in [-0.3, -0.25) is 0 Å². The lowest BCUT2D eigenvalue weighted by Crippen LogP contribution is -2.12. The van der Waals surface area contributed by atoms with Gasteiger partial charge in [-0.05, 0) is 28.9 Å². The first-order chi connectivity index (χ1) is 8.01. The Morgan fingerprint density at radius 2 is 2.35 bits per heavy atom. The molecule has 0 aromatic carbocycles. The van der Waals surface area contributed by atoms with Crippen LogP contribution in [0.2, 0.25) is 0 Å². The highest BCUT2D eigenvalue weighted by Crippen LogP contribution is 2.27. The number of hydrogen-bond acceptors (Lipinski definition) is 4. The highest BCUT2D eigenvalue weighted by Gasteiger charge is 2.23. The van der Waals surface area contributed by atoms with E-state index in [9.17, 15) is 13.6 Å². The molecule has 0 saturated carbocycles. The van der Waals surface area contributed by atoms with Crippen molar-refractivity contribution >= 4 is 21.9 Å². The monoisotopic (exact) mass is 304 g/mol. The van der Waals surface area contributed by atoms with Crippen LogP contribution in [-0.2, 0) is 4.74 Å². The average Bonchev–Trinajstić information content (AvgIpc) is 2.28. The van der Waals surface area contributed by atoms with Crippen molar-refractivity contribution in [3.05, 3.63) is 27.5 Å². The van der Waals surface area contributed by atoms with E-state index in [1.807, 2.05) is 0 Å². The Balaban J connectivity index is 3.35. The molecule has 0 amide bonds. The maximum Gasteiger partial charge on any atom is 0.357 e. The second-order valence-corrected chi connectivity index (χ2v) is 3.74. The average molecular weight is 305 g/mol. The topological polar surface area (TPSA) is 63.0 Å². The van der Waals surface area contributed by atoms with Crippen molar-refractivity contribution in [2.24, 2.45) is 0 Å². The van der Waals surface area contributed by atoms with E-state index in [2.05, 4.69) is 25.7 Å². The van der Waals surface area contributed by atoms with Crippen LogP contribution in [0.25, 0.3) is 0 Å². The van der Waals surface area contributed by atoms with Gasteiger partial charge in [0.1, 0.15) is 6.07 Å². The van der Waals surface area contributed by atoms with Crippen molar-refractivity contribution in [2.45, 2.75) is 13.3 Å². The Morgan fingerprint density at radius 3 is 2.82 bits per heavy atom. The molecule has 0 aliphatic heterocycles. The standard InChI is InChI=1S/C10H7BrF2N2O2/c1-2-17-10(16)8-5(9(12)13)3-6(11)7(4-14)15-8/h3,9H,2H2,1H3. The Labute approximate surface area is 104 Å². The summed E-state index contributed by atoms with van der Waals surface area (Å²) in [4.78, 5) is 15.0. The molecule has 0 saturated heterocycles. The predicted molar refractivity (Wildman–Crippen MR) is 57.6 cm³/mol. The third-order valence-electron chi connectivity index (χ3n) is 1.82. The number of carbonyl (C=O) groups is 1. The number of hydrogen-bond donors (Lipinski definition) is 0. The SMILES string of the molecule is CCOC(=O)c1nc(C#N)c(Br)cc1C(F)F. The molecule has 7 heteroatoms. The smallest absolute Gasteiger partial charge is 0.357 e. The molecule has 0 atom stereocenters. The van der Waals surface area contributed by atoms with Gasteiger partial charge in [0.05, 0.1) is 16.6 Å². The number of esters is 1. The summed E-state index contributed by atoms with van der Waals surface area (Å²) in [6.07, 6.45) is -2.87. The molecule has 0 N–H and O–H groups in total. The minimum absolute atomic E-state index is 0.0428. The zero-order valence-electron chi connectivity index (χ0n) is 8.71. The summed E-state index contributed by atoms with van der Waals surface area (Å²) < 4.78 is 30.1. The second-order valence-electron chi connectivity index (χ2n) is 2.89. The molecule has 4 nitrogen and oxygen atoms in total. The number of aromatic nitrogens is 1. The molecule has 0 spiro atoms. The molecule has 1 aromatic heterocycles. The largest absolute Gasteiger partial charge is 0.461 e. The number of nitrogens with zero attached hydrogens (tertiary/aromatic N) is 2. The molecule has 0 fully saturated rings. The van der Waals surface area contributed by atoms with E-state index >= 15 is 0 Å². The number of ether oxygens (including phenoxy) is 1. The van der Waals surface area contributed by atoms with Crippen LogP contribution in [0.3, 0.4) is 0 Å². The molecule has 0 bridgehead atoms. The molecule has 1 aromatic rings. The van der Waals surface area contributed by atoms with Crippen LogP contribution in [0.4, 0.5) is 8.78 Å². The molecule has 17 heavy (non-hydrogen) atoms. The number of rotatable bonds is 3. The van der Waals surface area contributed by atoms with Crippen LogP contribution in [0.5, 0.6) is 0 Å². The summed E-state index contributed by atoms with van der Waals surface area (Å²) in [5, 5.41) is 8.70. The number of carbonyl (C=O) groups excluding carboxylic acids is 1. The van der Waals surface area contributed by atoms with Gasteiger partial charge in [0.25, 0.3) is 6.43 Å². The quantitative estimate of drug-likeness (QED) is 0.806. The minimum atomic E-state index is -2.87. The van der Waals surface area contributed by atoms with E-state index in [1.54, 1.807) is 13.0 Å². The van der Waals surface area contributed by atoms with Crippen LogP contribution in [0.1, 0.15) is 35.1 Å². The van der Waals surface area contributed by atoms with Gasteiger partial charge < -0.3 is 4.74 Å². The van der Waals surface area contributed by atoms with E-state index in [1.165, 1.54) is 0 Å². The van der Waals surface area contributed by atoms with Crippen molar-refractivity contribution in [1.29, 1.82) is 5.26 Å². The van der Waals surface area contributed by atoms with Crippen LogP contribution in [0, 0.1) is 11.3 Å². The maximum atomic E-state index is 12.7. The molecular weight excluding hydrogens is 298 g/mol. The van der Waals surface area contributed by atoms with Gasteiger partial charge in [-0.1, -0.05) is 0 Å². The van der Waals surface area contributed by atoms with Crippen LogP contribution in [-0.4, -0.2) is 17.6 Å². The molecular formula is C10H7BrF2N2O2. The lowest BCUT2D eigenvalue weighted by atomic mass is 10.2. The van der Waals surface area contributed by atoms with Gasteiger partial charge in [0.2, 0.25) is 0 Å². The van der Waals surface area contributed by atoms with Gasteiger partial charge in [0.15, 0.2) is 11.4 Å². The van der Waals surface area contributed by atoms with E-state index in [0.717, 1.165) is 6.07 Å². The molecule has 0 radical (unpaired) electrons. The van der Waals surface area contributed by atoms with Crippen LogP contribution in [0.15, 0.2) is 10.5 Å². The summed E-state index contributed by atoms with van der Waals surface area (Å²) in [5.74, 6) is -0.966.